The number of aromatic nitrogens is 2. The number of hydrogen-bond acceptors (Lipinski definition) is 2. The molecule has 0 fully saturated rings. The zero-order valence-corrected chi connectivity index (χ0v) is 11.3. The Bertz CT molecular complexity index is 661. The second-order valence-corrected chi connectivity index (χ2v) is 5.63. The highest BCUT2D eigenvalue weighted by Crippen LogP contribution is 2.35. The molecule has 1 aromatic carbocycles. The maximum Gasteiger partial charge on any atom is 0.230 e. The first-order valence-corrected chi connectivity index (χ1v) is 7.20. The van der Waals surface area contributed by atoms with Crippen molar-refractivity contribution in [3.63, 3.8) is 0 Å². The Hall–Kier alpha value is -2.10. The van der Waals surface area contributed by atoms with Crippen LogP contribution in [0.25, 0.3) is 0 Å². The monoisotopic (exact) mass is 267 g/mol. The molecule has 1 aliphatic heterocycles. The largest absolute Gasteiger partial charge is 0.347 e. The highest BCUT2D eigenvalue weighted by atomic mass is 16.2. The molecule has 1 aliphatic carbocycles. The van der Waals surface area contributed by atoms with Gasteiger partial charge in [-0.2, -0.15) is 0 Å². The number of nitrogens with one attached hydrogen (secondary N) is 1. The average Bonchev–Trinajstić information content (AvgIpc) is 3.12. The predicted molar refractivity (Wildman–Crippen MR) is 75.2 cm³/mol. The minimum absolute atomic E-state index is 0.0515. The molecule has 0 radical (unpaired) electrons. The fourth-order valence-corrected chi connectivity index (χ4v) is 3.43. The van der Waals surface area contributed by atoms with Crippen LogP contribution >= 0.6 is 0 Å². The number of aryl methyl sites for hydroxylation is 1. The van der Waals surface area contributed by atoms with E-state index in [9.17, 15) is 4.79 Å². The topological polar surface area (TPSA) is 49.0 Å². The third kappa shape index (κ3) is 1.75. The fraction of sp³-hybridized carbons (Fsp3) is 0.375. The van der Waals surface area contributed by atoms with E-state index < -0.39 is 0 Å². The Morgan fingerprint density at radius 1 is 1.30 bits per heavy atom. The van der Waals surface area contributed by atoms with Crippen LogP contribution in [0.5, 0.6) is 0 Å². The van der Waals surface area contributed by atoms with Gasteiger partial charge in [0.25, 0.3) is 0 Å². The van der Waals surface area contributed by atoms with Gasteiger partial charge in [0.1, 0.15) is 0 Å². The van der Waals surface area contributed by atoms with E-state index in [-0.39, 0.29) is 11.8 Å². The first kappa shape index (κ1) is 11.7. The number of imidazole rings is 1. The van der Waals surface area contributed by atoms with Crippen LogP contribution < -0.4 is 0 Å². The highest BCUT2D eigenvalue weighted by Gasteiger charge is 2.33. The van der Waals surface area contributed by atoms with Gasteiger partial charge in [-0.05, 0) is 24.0 Å². The third-order valence-corrected chi connectivity index (χ3v) is 4.52. The maximum absolute atomic E-state index is 12.8. The molecule has 4 heteroatoms. The number of benzene rings is 1. The second-order valence-electron chi connectivity index (χ2n) is 5.63. The van der Waals surface area contributed by atoms with Crippen LogP contribution in [-0.4, -0.2) is 27.3 Å². The van der Waals surface area contributed by atoms with E-state index in [1.807, 2.05) is 11.0 Å². The van der Waals surface area contributed by atoms with Gasteiger partial charge in [0.15, 0.2) is 0 Å². The molecular formula is C16H17N3O. The van der Waals surface area contributed by atoms with Crippen molar-refractivity contribution in [1.82, 2.24) is 14.9 Å². The summed E-state index contributed by atoms with van der Waals surface area (Å²) in [6, 6.07) is 8.35. The molecule has 102 valence electrons. The molecule has 0 bridgehead atoms. The summed E-state index contributed by atoms with van der Waals surface area (Å²) < 4.78 is 0. The maximum atomic E-state index is 12.8. The molecule has 1 amide bonds. The van der Waals surface area contributed by atoms with Gasteiger partial charge in [-0.3, -0.25) is 4.79 Å². The van der Waals surface area contributed by atoms with Crippen molar-refractivity contribution >= 4 is 5.91 Å². The Morgan fingerprint density at radius 2 is 2.20 bits per heavy atom. The number of carbonyl (C=O) groups excluding carboxylic acids is 1. The lowest BCUT2D eigenvalue weighted by Gasteiger charge is -2.29. The van der Waals surface area contributed by atoms with Crippen molar-refractivity contribution in [1.29, 1.82) is 0 Å². The van der Waals surface area contributed by atoms with Crippen molar-refractivity contribution < 1.29 is 4.79 Å². The number of H-pyrrole nitrogens is 1. The van der Waals surface area contributed by atoms with Gasteiger partial charge in [0.05, 0.1) is 30.2 Å². The number of fused-ring (bicyclic) bond motifs is 2. The molecule has 2 heterocycles. The Balaban J connectivity index is 1.58. The summed E-state index contributed by atoms with van der Waals surface area (Å²) in [6.07, 6.45) is 4.56. The molecule has 2 aromatic rings. The lowest BCUT2D eigenvalue weighted by molar-refractivity contribution is -0.133. The summed E-state index contributed by atoms with van der Waals surface area (Å²) in [5.41, 5.74) is 4.77. The predicted octanol–water partition coefficient (Wildman–Crippen LogP) is 2.02. The Labute approximate surface area is 117 Å². The molecule has 0 saturated carbocycles. The van der Waals surface area contributed by atoms with E-state index in [1.165, 1.54) is 11.1 Å². The van der Waals surface area contributed by atoms with E-state index in [0.717, 1.165) is 37.2 Å². The molecule has 20 heavy (non-hydrogen) atoms. The molecule has 0 spiro atoms. The van der Waals surface area contributed by atoms with Crippen molar-refractivity contribution in [3.05, 3.63) is 53.1 Å². The Morgan fingerprint density at radius 3 is 3.15 bits per heavy atom. The first-order chi connectivity index (χ1) is 9.83. The molecule has 4 rings (SSSR count). The molecule has 1 unspecified atom stereocenters. The van der Waals surface area contributed by atoms with Gasteiger partial charge >= 0.3 is 0 Å². The summed E-state index contributed by atoms with van der Waals surface area (Å²) in [6.45, 7) is 1.46. The standard InChI is InChI=1S/C16H17N3O/c20-16(13-6-5-11-3-1-2-4-12(11)13)19-8-7-14-15(9-19)18-10-17-14/h1-4,10,13H,5-9H2,(H,17,18). The van der Waals surface area contributed by atoms with E-state index in [1.54, 1.807) is 6.33 Å². The lowest BCUT2D eigenvalue weighted by Crippen LogP contribution is -2.38. The summed E-state index contributed by atoms with van der Waals surface area (Å²) in [5, 5.41) is 0. The van der Waals surface area contributed by atoms with E-state index >= 15 is 0 Å². The van der Waals surface area contributed by atoms with Gasteiger partial charge in [0.2, 0.25) is 5.91 Å². The van der Waals surface area contributed by atoms with Crippen LogP contribution in [0.1, 0.15) is 34.9 Å². The SMILES string of the molecule is O=C(C1CCc2ccccc21)N1CCc2nc[nH]c2C1. The van der Waals surface area contributed by atoms with Crippen molar-refractivity contribution in [3.8, 4) is 0 Å². The van der Waals surface area contributed by atoms with Crippen LogP contribution in [0, 0.1) is 0 Å². The van der Waals surface area contributed by atoms with Crippen LogP contribution in [0.3, 0.4) is 0 Å². The van der Waals surface area contributed by atoms with Gasteiger partial charge in [-0.1, -0.05) is 24.3 Å². The van der Waals surface area contributed by atoms with Crippen molar-refractivity contribution in [2.75, 3.05) is 6.54 Å². The smallest absolute Gasteiger partial charge is 0.230 e. The lowest BCUT2D eigenvalue weighted by atomic mass is 9.98. The molecule has 1 atom stereocenters. The molecule has 4 nitrogen and oxygen atoms in total. The molecule has 1 aromatic heterocycles. The van der Waals surface area contributed by atoms with Crippen LogP contribution in [0.4, 0.5) is 0 Å². The van der Waals surface area contributed by atoms with Crippen LogP contribution in [-0.2, 0) is 24.2 Å². The van der Waals surface area contributed by atoms with Crippen LogP contribution in [0.2, 0.25) is 0 Å². The zero-order valence-electron chi connectivity index (χ0n) is 11.3. The number of carbonyl (C=O) groups is 1. The summed E-state index contributed by atoms with van der Waals surface area (Å²) in [7, 11) is 0. The number of nitrogens with zero attached hydrogens (tertiary/aromatic N) is 2. The highest BCUT2D eigenvalue weighted by molar-refractivity contribution is 5.85. The molecule has 2 aliphatic rings. The molecule has 1 N–H and O–H groups in total. The van der Waals surface area contributed by atoms with Gasteiger partial charge in [-0.15, -0.1) is 0 Å². The normalized spacial score (nSPS) is 20.6. The van der Waals surface area contributed by atoms with Crippen LogP contribution in [0.15, 0.2) is 30.6 Å². The second kappa shape index (κ2) is 4.47. The minimum Gasteiger partial charge on any atom is -0.347 e. The fourth-order valence-electron chi connectivity index (χ4n) is 3.43. The van der Waals surface area contributed by atoms with Crippen molar-refractivity contribution in [2.24, 2.45) is 0 Å². The third-order valence-electron chi connectivity index (χ3n) is 4.52. The van der Waals surface area contributed by atoms with Gasteiger partial charge < -0.3 is 9.88 Å². The number of hydrogen-bond donors (Lipinski definition) is 1. The quantitative estimate of drug-likeness (QED) is 0.859. The summed E-state index contributed by atoms with van der Waals surface area (Å²) >= 11 is 0. The van der Waals surface area contributed by atoms with Crippen molar-refractivity contribution in [2.45, 2.75) is 31.7 Å². The number of rotatable bonds is 1. The number of aromatic amines is 1. The minimum atomic E-state index is 0.0515. The first-order valence-electron chi connectivity index (χ1n) is 7.20. The summed E-state index contributed by atoms with van der Waals surface area (Å²) in [5.74, 6) is 0.325. The van der Waals surface area contributed by atoms with E-state index in [0.29, 0.717) is 6.54 Å². The zero-order chi connectivity index (χ0) is 13.5. The van der Waals surface area contributed by atoms with E-state index in [2.05, 4.69) is 28.2 Å². The average molecular weight is 267 g/mol. The molecule has 0 saturated heterocycles. The van der Waals surface area contributed by atoms with E-state index in [4.69, 9.17) is 0 Å². The van der Waals surface area contributed by atoms with Gasteiger partial charge in [0, 0.05) is 13.0 Å². The molecular weight excluding hydrogens is 250 g/mol. The summed E-state index contributed by atoms with van der Waals surface area (Å²) in [4.78, 5) is 22.2. The number of amides is 1. The van der Waals surface area contributed by atoms with Gasteiger partial charge in [-0.25, -0.2) is 4.98 Å². The Kier molecular flexibility index (Phi) is 2.62.